The molecule has 0 aliphatic heterocycles. The summed E-state index contributed by atoms with van der Waals surface area (Å²) in [5.74, 6) is 0. The molecule has 0 radical (unpaired) electrons. The first-order chi connectivity index (χ1) is 10.9. The molecule has 0 aliphatic carbocycles. The summed E-state index contributed by atoms with van der Waals surface area (Å²) in [7, 11) is 0. The predicted octanol–water partition coefficient (Wildman–Crippen LogP) is 6.69. The number of benzene rings is 4. The van der Waals surface area contributed by atoms with Gasteiger partial charge in [-0.3, -0.25) is 0 Å². The largest absolute Gasteiger partial charge is 0.0683 e. The van der Waals surface area contributed by atoms with E-state index in [0.717, 1.165) is 0 Å². The van der Waals surface area contributed by atoms with Gasteiger partial charge in [-0.05, 0) is 32.7 Å². The minimum atomic E-state index is 1.29. The van der Waals surface area contributed by atoms with Gasteiger partial charge >= 0.3 is 0 Å². The Balaban J connectivity index is 0.000000693. The SMILES string of the molecule is CC.c1ccc2c(-c3cccc4ccccc34)cccc2c1. The van der Waals surface area contributed by atoms with Crippen LogP contribution in [0.5, 0.6) is 0 Å². The van der Waals surface area contributed by atoms with Gasteiger partial charge in [0.2, 0.25) is 0 Å². The molecule has 0 aromatic heterocycles. The summed E-state index contributed by atoms with van der Waals surface area (Å²) in [6.07, 6.45) is 0. The smallest absolute Gasteiger partial charge is 0.00992 e. The molecule has 0 saturated carbocycles. The van der Waals surface area contributed by atoms with Crippen molar-refractivity contribution in [2.24, 2.45) is 0 Å². The van der Waals surface area contributed by atoms with Crippen LogP contribution in [-0.2, 0) is 0 Å². The van der Waals surface area contributed by atoms with E-state index < -0.39 is 0 Å². The lowest BCUT2D eigenvalue weighted by molar-refractivity contribution is 1.50. The van der Waals surface area contributed by atoms with E-state index in [2.05, 4.69) is 84.9 Å². The first kappa shape index (κ1) is 14.3. The monoisotopic (exact) mass is 284 g/mol. The van der Waals surface area contributed by atoms with Gasteiger partial charge in [0.05, 0.1) is 0 Å². The minimum Gasteiger partial charge on any atom is -0.0683 e. The lowest BCUT2D eigenvalue weighted by Crippen LogP contribution is -1.83. The standard InChI is InChI=1S/C20H14.C2H6/c1-3-11-17-15(7-1)9-5-13-19(17)20-14-6-10-16-8-2-4-12-18(16)20;1-2/h1-14H;1-2H3. The van der Waals surface area contributed by atoms with Crippen LogP contribution in [0.2, 0.25) is 0 Å². The molecule has 0 spiro atoms. The molecular formula is C22H20. The van der Waals surface area contributed by atoms with Gasteiger partial charge < -0.3 is 0 Å². The van der Waals surface area contributed by atoms with Crippen molar-refractivity contribution in [3.05, 3.63) is 84.9 Å². The topological polar surface area (TPSA) is 0 Å². The van der Waals surface area contributed by atoms with Crippen molar-refractivity contribution >= 4 is 21.5 Å². The molecule has 0 heteroatoms. The maximum atomic E-state index is 2.21. The molecule has 0 nitrogen and oxygen atoms in total. The highest BCUT2D eigenvalue weighted by molar-refractivity contribution is 6.05. The van der Waals surface area contributed by atoms with Crippen molar-refractivity contribution in [2.45, 2.75) is 13.8 Å². The molecule has 0 aliphatic rings. The molecule has 4 rings (SSSR count). The summed E-state index contributed by atoms with van der Waals surface area (Å²) in [6, 6.07) is 30.2. The van der Waals surface area contributed by atoms with E-state index >= 15 is 0 Å². The zero-order chi connectivity index (χ0) is 15.4. The Morgan fingerprint density at radius 2 is 0.773 bits per heavy atom. The summed E-state index contributed by atoms with van der Waals surface area (Å²) in [5.41, 5.74) is 2.61. The van der Waals surface area contributed by atoms with Crippen LogP contribution in [0.3, 0.4) is 0 Å². The molecule has 22 heavy (non-hydrogen) atoms. The lowest BCUT2D eigenvalue weighted by Gasteiger charge is -2.10. The van der Waals surface area contributed by atoms with Crippen molar-refractivity contribution in [1.29, 1.82) is 0 Å². The fourth-order valence-corrected chi connectivity index (χ4v) is 2.92. The Bertz CT molecular complexity index is 816. The van der Waals surface area contributed by atoms with Crippen LogP contribution in [0.25, 0.3) is 32.7 Å². The third-order valence-corrected chi connectivity index (χ3v) is 3.87. The van der Waals surface area contributed by atoms with Crippen LogP contribution in [-0.4, -0.2) is 0 Å². The Hall–Kier alpha value is -2.60. The summed E-state index contributed by atoms with van der Waals surface area (Å²) in [4.78, 5) is 0. The summed E-state index contributed by atoms with van der Waals surface area (Å²) >= 11 is 0. The zero-order valence-corrected chi connectivity index (χ0v) is 13.1. The van der Waals surface area contributed by atoms with E-state index in [9.17, 15) is 0 Å². The van der Waals surface area contributed by atoms with E-state index in [1.54, 1.807) is 0 Å². The van der Waals surface area contributed by atoms with E-state index in [1.165, 1.54) is 32.7 Å². The van der Waals surface area contributed by atoms with Crippen LogP contribution in [0, 0.1) is 0 Å². The van der Waals surface area contributed by atoms with Gasteiger partial charge in [0.15, 0.2) is 0 Å². The lowest BCUT2D eigenvalue weighted by atomic mass is 9.94. The Morgan fingerprint density at radius 1 is 0.409 bits per heavy atom. The Labute approximate surface area is 132 Å². The van der Waals surface area contributed by atoms with Crippen molar-refractivity contribution in [2.75, 3.05) is 0 Å². The molecular weight excluding hydrogens is 264 g/mol. The van der Waals surface area contributed by atoms with E-state index in [0.29, 0.717) is 0 Å². The van der Waals surface area contributed by atoms with E-state index in [-0.39, 0.29) is 0 Å². The number of fused-ring (bicyclic) bond motifs is 2. The average molecular weight is 284 g/mol. The molecule has 0 N–H and O–H groups in total. The maximum absolute atomic E-state index is 2.21. The van der Waals surface area contributed by atoms with Crippen molar-refractivity contribution in [3.63, 3.8) is 0 Å². The molecule has 0 atom stereocenters. The number of rotatable bonds is 1. The van der Waals surface area contributed by atoms with Gasteiger partial charge in [-0.25, -0.2) is 0 Å². The molecule has 0 amide bonds. The van der Waals surface area contributed by atoms with Crippen LogP contribution < -0.4 is 0 Å². The highest BCUT2D eigenvalue weighted by Crippen LogP contribution is 2.33. The zero-order valence-electron chi connectivity index (χ0n) is 13.1. The normalized spacial score (nSPS) is 10.3. The first-order valence-corrected chi connectivity index (χ1v) is 7.89. The second-order valence-electron chi connectivity index (χ2n) is 5.05. The fourth-order valence-electron chi connectivity index (χ4n) is 2.92. The fraction of sp³-hybridized carbons (Fsp3) is 0.0909. The van der Waals surface area contributed by atoms with E-state index in [1.807, 2.05) is 13.8 Å². The molecule has 4 aromatic carbocycles. The number of hydrogen-bond acceptors (Lipinski definition) is 0. The van der Waals surface area contributed by atoms with Crippen LogP contribution in [0.1, 0.15) is 13.8 Å². The highest BCUT2D eigenvalue weighted by Gasteiger charge is 2.06. The maximum Gasteiger partial charge on any atom is -0.00992 e. The molecule has 0 bridgehead atoms. The average Bonchev–Trinajstić information content (AvgIpc) is 2.62. The summed E-state index contributed by atoms with van der Waals surface area (Å²) in [6.45, 7) is 4.00. The van der Waals surface area contributed by atoms with Gasteiger partial charge in [0.1, 0.15) is 0 Å². The molecule has 0 heterocycles. The van der Waals surface area contributed by atoms with Gasteiger partial charge in [-0.2, -0.15) is 0 Å². The predicted molar refractivity (Wildman–Crippen MR) is 98.2 cm³/mol. The van der Waals surface area contributed by atoms with E-state index in [4.69, 9.17) is 0 Å². The van der Waals surface area contributed by atoms with Gasteiger partial charge in [-0.15, -0.1) is 0 Å². The number of hydrogen-bond donors (Lipinski definition) is 0. The summed E-state index contributed by atoms with van der Waals surface area (Å²) < 4.78 is 0. The quantitative estimate of drug-likeness (QED) is 0.365. The molecule has 0 fully saturated rings. The second kappa shape index (κ2) is 6.44. The molecule has 4 aromatic rings. The highest BCUT2D eigenvalue weighted by atomic mass is 14.1. The van der Waals surface area contributed by atoms with Crippen molar-refractivity contribution < 1.29 is 0 Å². The molecule has 0 unspecified atom stereocenters. The Kier molecular flexibility index (Phi) is 4.20. The van der Waals surface area contributed by atoms with Gasteiger partial charge in [-0.1, -0.05) is 98.8 Å². The second-order valence-corrected chi connectivity index (χ2v) is 5.05. The minimum absolute atomic E-state index is 1.29. The Morgan fingerprint density at radius 3 is 1.23 bits per heavy atom. The first-order valence-electron chi connectivity index (χ1n) is 7.89. The summed E-state index contributed by atoms with van der Waals surface area (Å²) in [5, 5.41) is 5.20. The van der Waals surface area contributed by atoms with Crippen LogP contribution in [0.15, 0.2) is 84.9 Å². The van der Waals surface area contributed by atoms with Gasteiger partial charge in [0.25, 0.3) is 0 Å². The van der Waals surface area contributed by atoms with Crippen LogP contribution >= 0.6 is 0 Å². The third kappa shape index (κ3) is 2.48. The van der Waals surface area contributed by atoms with Gasteiger partial charge in [0, 0.05) is 0 Å². The van der Waals surface area contributed by atoms with Crippen molar-refractivity contribution in [3.8, 4) is 11.1 Å². The van der Waals surface area contributed by atoms with Crippen molar-refractivity contribution in [1.82, 2.24) is 0 Å². The molecule has 0 saturated heterocycles. The third-order valence-electron chi connectivity index (χ3n) is 3.87. The molecule has 108 valence electrons. The van der Waals surface area contributed by atoms with Crippen LogP contribution in [0.4, 0.5) is 0 Å².